The summed E-state index contributed by atoms with van der Waals surface area (Å²) >= 11 is 2.88. The lowest BCUT2D eigenvalue weighted by molar-refractivity contribution is -0.116. The van der Waals surface area contributed by atoms with Gasteiger partial charge in [-0.2, -0.15) is 0 Å². The Morgan fingerprint density at radius 2 is 1.97 bits per heavy atom. The molecule has 0 aliphatic carbocycles. The number of halogens is 1. The summed E-state index contributed by atoms with van der Waals surface area (Å²) < 4.78 is 14.2. The third-order valence-electron chi connectivity index (χ3n) is 4.29. The number of rotatable bonds is 6. The summed E-state index contributed by atoms with van der Waals surface area (Å²) in [5, 5.41) is 0.654. The Kier molecular flexibility index (Phi) is 5.87. The monoisotopic (exact) mass is 423 g/mol. The van der Waals surface area contributed by atoms with Gasteiger partial charge in [-0.3, -0.25) is 14.7 Å². The molecule has 0 aliphatic heterocycles. The Morgan fingerprint density at radius 3 is 2.72 bits per heavy atom. The highest BCUT2D eigenvalue weighted by atomic mass is 32.2. The van der Waals surface area contributed by atoms with Gasteiger partial charge in [0.25, 0.3) is 0 Å². The van der Waals surface area contributed by atoms with E-state index >= 15 is 0 Å². The Bertz CT molecular complexity index is 1130. The highest BCUT2D eigenvalue weighted by molar-refractivity contribution is 8.00. The van der Waals surface area contributed by atoms with Gasteiger partial charge in [-0.05, 0) is 61.0 Å². The van der Waals surface area contributed by atoms with E-state index in [9.17, 15) is 9.18 Å². The smallest absolute Gasteiger partial charge is 0.239 e. The van der Waals surface area contributed by atoms with Gasteiger partial charge in [-0.25, -0.2) is 9.37 Å². The van der Waals surface area contributed by atoms with Crippen LogP contribution in [-0.4, -0.2) is 21.6 Å². The van der Waals surface area contributed by atoms with Gasteiger partial charge in [-0.1, -0.05) is 23.5 Å². The lowest BCUT2D eigenvalue weighted by atomic mass is 10.2. The molecule has 0 fully saturated rings. The van der Waals surface area contributed by atoms with Gasteiger partial charge in [0.2, 0.25) is 5.91 Å². The molecule has 0 unspecified atom stereocenters. The quantitative estimate of drug-likeness (QED) is 0.386. The van der Waals surface area contributed by atoms with Crippen molar-refractivity contribution >= 4 is 44.4 Å². The summed E-state index contributed by atoms with van der Waals surface area (Å²) in [6.45, 7) is 2.39. The van der Waals surface area contributed by atoms with Crippen molar-refractivity contribution in [2.45, 2.75) is 18.4 Å². The molecule has 1 amide bonds. The van der Waals surface area contributed by atoms with Crippen LogP contribution in [0, 0.1) is 12.7 Å². The normalized spacial score (nSPS) is 11.0. The fourth-order valence-corrected chi connectivity index (χ4v) is 4.66. The average Bonchev–Trinajstić information content (AvgIpc) is 3.15. The zero-order valence-corrected chi connectivity index (χ0v) is 17.3. The first-order valence-electron chi connectivity index (χ1n) is 9.04. The van der Waals surface area contributed by atoms with E-state index in [1.807, 2.05) is 37.3 Å². The molecule has 4 nitrogen and oxygen atoms in total. The van der Waals surface area contributed by atoms with Gasteiger partial charge in [-0.15, -0.1) is 11.8 Å². The van der Waals surface area contributed by atoms with Crippen LogP contribution in [0.4, 0.5) is 9.52 Å². The molecule has 2 aromatic carbocycles. The maximum Gasteiger partial charge on any atom is 0.239 e. The predicted molar refractivity (Wildman–Crippen MR) is 117 cm³/mol. The summed E-state index contributed by atoms with van der Waals surface area (Å²) in [6.07, 6.45) is 1.72. The zero-order chi connectivity index (χ0) is 20.2. The molecule has 0 radical (unpaired) electrons. The summed E-state index contributed by atoms with van der Waals surface area (Å²) in [6, 6.07) is 17.9. The lowest BCUT2D eigenvalue weighted by Gasteiger charge is -2.19. The van der Waals surface area contributed by atoms with E-state index in [4.69, 9.17) is 0 Å². The predicted octanol–water partition coefficient (Wildman–Crippen LogP) is 5.46. The van der Waals surface area contributed by atoms with Crippen LogP contribution in [0.25, 0.3) is 10.2 Å². The van der Waals surface area contributed by atoms with Crippen LogP contribution >= 0.6 is 23.1 Å². The molecule has 0 saturated heterocycles. The molecule has 0 bridgehead atoms. The van der Waals surface area contributed by atoms with E-state index in [2.05, 4.69) is 16.0 Å². The second-order valence-electron chi connectivity index (χ2n) is 6.51. The first-order chi connectivity index (χ1) is 14.1. The van der Waals surface area contributed by atoms with E-state index in [0.29, 0.717) is 11.7 Å². The maximum atomic E-state index is 13.1. The minimum Gasteiger partial charge on any atom is -0.281 e. The van der Waals surface area contributed by atoms with Gasteiger partial charge in [0.15, 0.2) is 5.13 Å². The van der Waals surface area contributed by atoms with Crippen LogP contribution < -0.4 is 4.90 Å². The Morgan fingerprint density at radius 1 is 1.14 bits per heavy atom. The van der Waals surface area contributed by atoms with Crippen LogP contribution in [0.15, 0.2) is 71.8 Å². The molecule has 0 aliphatic rings. The number of amides is 1. The molecule has 7 heteroatoms. The number of fused-ring (bicyclic) bond motifs is 1. The summed E-state index contributed by atoms with van der Waals surface area (Å²) in [4.78, 5) is 24.7. The second-order valence-corrected chi connectivity index (χ2v) is 8.57. The number of carbonyl (C=O) groups is 1. The molecule has 4 aromatic rings. The third-order valence-corrected chi connectivity index (χ3v) is 6.32. The Labute approximate surface area is 176 Å². The molecule has 29 heavy (non-hydrogen) atoms. The summed E-state index contributed by atoms with van der Waals surface area (Å²) in [5.41, 5.74) is 2.82. The van der Waals surface area contributed by atoms with Crippen molar-refractivity contribution < 1.29 is 9.18 Å². The fourth-order valence-electron chi connectivity index (χ4n) is 2.81. The van der Waals surface area contributed by atoms with Crippen LogP contribution in [0.3, 0.4) is 0 Å². The Hall–Kier alpha value is -2.77. The minimum atomic E-state index is -0.290. The van der Waals surface area contributed by atoms with Crippen LogP contribution in [-0.2, 0) is 11.3 Å². The van der Waals surface area contributed by atoms with Crippen LogP contribution in [0.1, 0.15) is 11.3 Å². The van der Waals surface area contributed by atoms with Crippen molar-refractivity contribution in [1.82, 2.24) is 9.97 Å². The summed E-state index contributed by atoms with van der Waals surface area (Å²) in [5.74, 6) is -0.129. The highest BCUT2D eigenvalue weighted by Gasteiger charge is 2.21. The molecular formula is C22H18FN3OS2. The van der Waals surface area contributed by atoms with Crippen LogP contribution in [0.2, 0.25) is 0 Å². The van der Waals surface area contributed by atoms with Gasteiger partial charge >= 0.3 is 0 Å². The number of hydrogen-bond acceptors (Lipinski definition) is 5. The number of nitrogens with zero attached hydrogens (tertiary/aromatic N) is 3. The average molecular weight is 424 g/mol. The van der Waals surface area contributed by atoms with Gasteiger partial charge in [0, 0.05) is 11.1 Å². The van der Waals surface area contributed by atoms with Crippen molar-refractivity contribution in [3.8, 4) is 0 Å². The first kappa shape index (κ1) is 19.5. The molecule has 4 rings (SSSR count). The largest absolute Gasteiger partial charge is 0.281 e. The number of anilines is 1. The molecule has 146 valence electrons. The molecule has 0 saturated carbocycles. The molecule has 0 N–H and O–H groups in total. The number of benzene rings is 2. The maximum absolute atomic E-state index is 13.1. The number of carbonyl (C=O) groups excluding carboxylic acids is 1. The minimum absolute atomic E-state index is 0.0687. The number of thioether (sulfide) groups is 1. The fraction of sp³-hybridized carbons (Fsp3) is 0.136. The van der Waals surface area contributed by atoms with Gasteiger partial charge in [0.05, 0.1) is 28.2 Å². The van der Waals surface area contributed by atoms with Crippen molar-refractivity contribution in [3.05, 3.63) is 83.9 Å². The van der Waals surface area contributed by atoms with E-state index in [1.165, 1.54) is 35.2 Å². The molecular weight excluding hydrogens is 405 g/mol. The van der Waals surface area contributed by atoms with Crippen molar-refractivity contribution in [3.63, 3.8) is 0 Å². The molecule has 0 atom stereocenters. The number of pyridine rings is 1. The third kappa shape index (κ3) is 4.81. The SMILES string of the molecule is Cc1ccc2nc(N(Cc3ccccn3)C(=O)CSc3ccc(F)cc3)sc2c1. The summed E-state index contributed by atoms with van der Waals surface area (Å²) in [7, 11) is 0. The molecule has 2 heterocycles. The number of aromatic nitrogens is 2. The highest BCUT2D eigenvalue weighted by Crippen LogP contribution is 2.31. The number of thiazole rings is 1. The molecule has 0 spiro atoms. The topological polar surface area (TPSA) is 46.1 Å². The van der Waals surface area contributed by atoms with E-state index in [0.717, 1.165) is 26.4 Å². The lowest BCUT2D eigenvalue weighted by Crippen LogP contribution is -2.32. The number of aryl methyl sites for hydroxylation is 1. The standard InChI is InChI=1S/C22H18FN3OS2/c1-15-5-10-19-20(12-15)29-22(25-19)26(13-17-4-2-3-11-24-17)21(27)14-28-18-8-6-16(23)7-9-18/h2-12H,13-14H2,1H3. The van der Waals surface area contributed by atoms with Gasteiger partial charge in [0.1, 0.15) is 5.82 Å². The van der Waals surface area contributed by atoms with Crippen molar-refractivity contribution in [1.29, 1.82) is 0 Å². The van der Waals surface area contributed by atoms with E-state index in [-0.39, 0.29) is 17.5 Å². The van der Waals surface area contributed by atoms with Crippen LogP contribution in [0.5, 0.6) is 0 Å². The number of hydrogen-bond donors (Lipinski definition) is 0. The zero-order valence-electron chi connectivity index (χ0n) is 15.7. The van der Waals surface area contributed by atoms with Gasteiger partial charge < -0.3 is 0 Å². The van der Waals surface area contributed by atoms with E-state index < -0.39 is 0 Å². The van der Waals surface area contributed by atoms with E-state index in [1.54, 1.807) is 23.2 Å². The Balaban J connectivity index is 1.59. The molecule has 2 aromatic heterocycles. The van der Waals surface area contributed by atoms with Crippen molar-refractivity contribution in [2.24, 2.45) is 0 Å². The van der Waals surface area contributed by atoms with Crippen molar-refractivity contribution in [2.75, 3.05) is 10.7 Å². The second kappa shape index (κ2) is 8.71. The first-order valence-corrected chi connectivity index (χ1v) is 10.8.